The molecule has 1 fully saturated rings. The normalized spacial score (nSPS) is 22.1. The summed E-state index contributed by atoms with van der Waals surface area (Å²) in [6, 6.07) is 5.59. The van der Waals surface area contributed by atoms with Crippen molar-refractivity contribution in [3.05, 3.63) is 47.3 Å². The van der Waals surface area contributed by atoms with Gasteiger partial charge in [0.15, 0.2) is 0 Å². The maximum Gasteiger partial charge on any atom is 0.127 e. The third-order valence-electron chi connectivity index (χ3n) is 4.16. The molecule has 0 saturated heterocycles. The Morgan fingerprint density at radius 2 is 1.88 bits per heavy atom. The second kappa shape index (κ2) is 3.73. The summed E-state index contributed by atoms with van der Waals surface area (Å²) in [6.07, 6.45) is 11.6. The zero-order valence-corrected chi connectivity index (χ0v) is 9.51. The highest BCUT2D eigenvalue weighted by atomic mass is 19.1. The Balaban J connectivity index is 2.12. The van der Waals surface area contributed by atoms with E-state index in [1.165, 1.54) is 37.7 Å². The lowest BCUT2D eigenvalue weighted by Gasteiger charge is -2.38. The van der Waals surface area contributed by atoms with Gasteiger partial charge >= 0.3 is 0 Å². The van der Waals surface area contributed by atoms with E-state index in [9.17, 15) is 4.39 Å². The average Bonchev–Trinajstić information content (AvgIpc) is 2.32. The summed E-state index contributed by atoms with van der Waals surface area (Å²) in [7, 11) is 0. The summed E-state index contributed by atoms with van der Waals surface area (Å²) >= 11 is 0. The lowest BCUT2D eigenvalue weighted by Crippen LogP contribution is -2.30. The van der Waals surface area contributed by atoms with Gasteiger partial charge < -0.3 is 0 Å². The van der Waals surface area contributed by atoms with Crippen LogP contribution in [0.5, 0.6) is 0 Å². The highest BCUT2D eigenvalue weighted by molar-refractivity contribution is 5.43. The molecule has 0 bridgehead atoms. The van der Waals surface area contributed by atoms with Crippen LogP contribution < -0.4 is 0 Å². The molecule has 1 aromatic carbocycles. The average molecular weight is 216 g/mol. The zero-order chi connectivity index (χ0) is 11.0. The number of hydrogen-bond donors (Lipinski definition) is 0. The molecule has 0 heterocycles. The van der Waals surface area contributed by atoms with Crippen LogP contribution in [0.3, 0.4) is 0 Å². The Kier molecular flexibility index (Phi) is 2.34. The third-order valence-corrected chi connectivity index (χ3v) is 4.16. The molecule has 1 heteroatoms. The van der Waals surface area contributed by atoms with E-state index in [0.29, 0.717) is 0 Å². The molecule has 0 aromatic heterocycles. The maximum absolute atomic E-state index is 13.8. The van der Waals surface area contributed by atoms with Crippen molar-refractivity contribution in [2.24, 2.45) is 0 Å². The highest BCUT2D eigenvalue weighted by Gasteiger charge is 2.35. The number of rotatable bonds is 0. The van der Waals surface area contributed by atoms with Crippen LogP contribution in [-0.4, -0.2) is 0 Å². The van der Waals surface area contributed by atoms with E-state index in [1.807, 2.05) is 6.07 Å². The standard InChI is InChI=1S/C15H17F/c16-14-8-4-7-13-12(14)6-5-11-15(13)9-2-1-3-10-15/h4-5,7-8,11H,1-3,6,9-10H2. The van der Waals surface area contributed by atoms with Crippen molar-refractivity contribution >= 4 is 0 Å². The minimum absolute atomic E-state index is 0.0215. The Labute approximate surface area is 96.2 Å². The van der Waals surface area contributed by atoms with Gasteiger partial charge in [-0.15, -0.1) is 0 Å². The Bertz CT molecular complexity index is 425. The van der Waals surface area contributed by atoms with Crippen LogP contribution in [0, 0.1) is 5.82 Å². The third kappa shape index (κ3) is 1.41. The molecular formula is C15H17F. The van der Waals surface area contributed by atoms with Crippen LogP contribution in [0.15, 0.2) is 30.4 Å². The summed E-state index contributed by atoms with van der Waals surface area (Å²) in [5, 5.41) is 0. The second-order valence-corrected chi connectivity index (χ2v) is 5.09. The van der Waals surface area contributed by atoms with E-state index in [1.54, 1.807) is 6.07 Å². The largest absolute Gasteiger partial charge is 0.207 e. The van der Waals surface area contributed by atoms with Crippen molar-refractivity contribution in [1.29, 1.82) is 0 Å². The van der Waals surface area contributed by atoms with Gasteiger partial charge in [0, 0.05) is 5.41 Å². The molecule has 1 saturated carbocycles. The molecule has 2 aliphatic rings. The monoisotopic (exact) mass is 216 g/mol. The van der Waals surface area contributed by atoms with Gasteiger partial charge in [-0.25, -0.2) is 4.39 Å². The molecule has 0 nitrogen and oxygen atoms in total. The number of allylic oxidation sites excluding steroid dienone is 2. The first-order valence-corrected chi connectivity index (χ1v) is 6.27. The minimum atomic E-state index is -0.0215. The summed E-state index contributed by atoms with van der Waals surface area (Å²) in [5.74, 6) is -0.0215. The number of benzene rings is 1. The van der Waals surface area contributed by atoms with Gasteiger partial charge in [-0.3, -0.25) is 0 Å². The fraction of sp³-hybridized carbons (Fsp3) is 0.467. The molecule has 0 atom stereocenters. The maximum atomic E-state index is 13.8. The van der Waals surface area contributed by atoms with Gasteiger partial charge in [0.2, 0.25) is 0 Å². The number of fused-ring (bicyclic) bond motifs is 2. The van der Waals surface area contributed by atoms with E-state index in [4.69, 9.17) is 0 Å². The van der Waals surface area contributed by atoms with Crippen molar-refractivity contribution in [3.63, 3.8) is 0 Å². The predicted octanol–water partition coefficient (Wildman–Crippen LogP) is 4.14. The Morgan fingerprint density at radius 1 is 1.06 bits per heavy atom. The molecular weight excluding hydrogens is 199 g/mol. The molecule has 1 aromatic rings. The molecule has 0 unspecified atom stereocenters. The first kappa shape index (κ1) is 10.1. The summed E-state index contributed by atoms with van der Waals surface area (Å²) in [4.78, 5) is 0. The molecule has 0 radical (unpaired) electrons. The van der Waals surface area contributed by atoms with Gasteiger partial charge in [-0.2, -0.15) is 0 Å². The predicted molar refractivity (Wildman–Crippen MR) is 64.0 cm³/mol. The van der Waals surface area contributed by atoms with E-state index in [-0.39, 0.29) is 11.2 Å². The van der Waals surface area contributed by atoms with Gasteiger partial charge in [0.25, 0.3) is 0 Å². The highest BCUT2D eigenvalue weighted by Crippen LogP contribution is 2.44. The van der Waals surface area contributed by atoms with Crippen LogP contribution in [0.25, 0.3) is 0 Å². The number of halogens is 1. The molecule has 3 rings (SSSR count). The molecule has 0 amide bonds. The minimum Gasteiger partial charge on any atom is -0.207 e. The van der Waals surface area contributed by atoms with E-state index in [2.05, 4.69) is 18.2 Å². The first-order valence-electron chi connectivity index (χ1n) is 6.27. The Hall–Kier alpha value is -1.11. The quantitative estimate of drug-likeness (QED) is 0.572. The molecule has 0 aliphatic heterocycles. The van der Waals surface area contributed by atoms with Crippen molar-refractivity contribution < 1.29 is 4.39 Å². The molecule has 16 heavy (non-hydrogen) atoms. The summed E-state index contributed by atoms with van der Waals surface area (Å²) in [5.41, 5.74) is 2.36. The fourth-order valence-corrected chi connectivity index (χ4v) is 3.34. The van der Waals surface area contributed by atoms with Crippen molar-refractivity contribution in [2.75, 3.05) is 0 Å². The molecule has 0 N–H and O–H groups in total. The van der Waals surface area contributed by atoms with E-state index in [0.717, 1.165) is 12.0 Å². The van der Waals surface area contributed by atoms with Gasteiger partial charge in [-0.05, 0) is 36.5 Å². The van der Waals surface area contributed by atoms with Crippen molar-refractivity contribution in [2.45, 2.75) is 43.9 Å². The van der Waals surface area contributed by atoms with Crippen LogP contribution in [0.1, 0.15) is 43.2 Å². The van der Waals surface area contributed by atoms with E-state index < -0.39 is 0 Å². The van der Waals surface area contributed by atoms with Crippen LogP contribution in [0.4, 0.5) is 4.39 Å². The van der Waals surface area contributed by atoms with Crippen molar-refractivity contribution in [3.8, 4) is 0 Å². The van der Waals surface area contributed by atoms with E-state index >= 15 is 0 Å². The van der Waals surface area contributed by atoms with Crippen LogP contribution in [-0.2, 0) is 11.8 Å². The SMILES string of the molecule is Fc1cccc2c1CC=CC21CCCCC1. The van der Waals surface area contributed by atoms with Crippen molar-refractivity contribution in [1.82, 2.24) is 0 Å². The fourth-order valence-electron chi connectivity index (χ4n) is 3.34. The molecule has 2 aliphatic carbocycles. The Morgan fingerprint density at radius 3 is 2.69 bits per heavy atom. The van der Waals surface area contributed by atoms with Gasteiger partial charge in [0.1, 0.15) is 5.82 Å². The molecule has 1 spiro atoms. The number of hydrogen-bond acceptors (Lipinski definition) is 0. The lowest BCUT2D eigenvalue weighted by molar-refractivity contribution is 0.350. The zero-order valence-electron chi connectivity index (χ0n) is 9.51. The van der Waals surface area contributed by atoms with Gasteiger partial charge in [0.05, 0.1) is 0 Å². The smallest absolute Gasteiger partial charge is 0.127 e. The first-order chi connectivity index (χ1) is 7.82. The van der Waals surface area contributed by atoms with Crippen LogP contribution >= 0.6 is 0 Å². The molecule has 84 valence electrons. The topological polar surface area (TPSA) is 0 Å². The van der Waals surface area contributed by atoms with Gasteiger partial charge in [-0.1, -0.05) is 43.5 Å². The lowest BCUT2D eigenvalue weighted by atomic mass is 9.66. The van der Waals surface area contributed by atoms with Crippen LogP contribution in [0.2, 0.25) is 0 Å². The summed E-state index contributed by atoms with van der Waals surface area (Å²) < 4.78 is 13.8. The summed E-state index contributed by atoms with van der Waals surface area (Å²) in [6.45, 7) is 0. The second-order valence-electron chi connectivity index (χ2n) is 5.09.